The third kappa shape index (κ3) is 2.61. The summed E-state index contributed by atoms with van der Waals surface area (Å²) in [7, 11) is 0. The summed E-state index contributed by atoms with van der Waals surface area (Å²) < 4.78 is 1.86. The van der Waals surface area contributed by atoms with Crippen molar-refractivity contribution in [1.82, 2.24) is 14.6 Å². The number of rotatable bonds is 4. The van der Waals surface area contributed by atoms with Crippen molar-refractivity contribution < 1.29 is 0 Å². The molecule has 19 heavy (non-hydrogen) atoms. The highest BCUT2D eigenvalue weighted by Gasteiger charge is 2.09. The molecule has 3 heterocycles. The van der Waals surface area contributed by atoms with E-state index in [0.29, 0.717) is 12.0 Å². The van der Waals surface area contributed by atoms with Crippen LogP contribution in [0.1, 0.15) is 18.2 Å². The van der Waals surface area contributed by atoms with Crippen LogP contribution in [0.4, 0.5) is 5.95 Å². The van der Waals surface area contributed by atoms with E-state index >= 15 is 0 Å². The summed E-state index contributed by atoms with van der Waals surface area (Å²) in [5.41, 5.74) is 3.32. The van der Waals surface area contributed by atoms with Gasteiger partial charge in [-0.15, -0.1) is 5.10 Å². The number of thiophene rings is 1. The van der Waals surface area contributed by atoms with Gasteiger partial charge in [0, 0.05) is 11.7 Å². The van der Waals surface area contributed by atoms with Crippen LogP contribution in [0, 0.1) is 6.92 Å². The van der Waals surface area contributed by atoms with E-state index in [1.54, 1.807) is 11.3 Å². The Hall–Kier alpha value is -1.88. The van der Waals surface area contributed by atoms with Crippen molar-refractivity contribution in [2.75, 3.05) is 5.32 Å². The monoisotopic (exact) mass is 272 g/mol. The molecular formula is C14H16N4S. The van der Waals surface area contributed by atoms with E-state index in [2.05, 4.69) is 39.1 Å². The van der Waals surface area contributed by atoms with Crippen LogP contribution >= 0.6 is 11.3 Å². The largest absolute Gasteiger partial charge is 0.350 e. The summed E-state index contributed by atoms with van der Waals surface area (Å²) in [6.07, 6.45) is 0.984. The predicted molar refractivity (Wildman–Crippen MR) is 78.8 cm³/mol. The number of hydrogen-bond acceptors (Lipinski definition) is 4. The average molecular weight is 272 g/mol. The van der Waals surface area contributed by atoms with Gasteiger partial charge in [-0.3, -0.25) is 0 Å². The maximum atomic E-state index is 4.49. The van der Waals surface area contributed by atoms with Crippen LogP contribution in [-0.2, 0) is 6.42 Å². The lowest BCUT2D eigenvalue weighted by Gasteiger charge is -2.10. The summed E-state index contributed by atoms with van der Waals surface area (Å²) in [5, 5.41) is 12.1. The molecular weight excluding hydrogens is 256 g/mol. The van der Waals surface area contributed by atoms with Crippen LogP contribution in [0.2, 0.25) is 0 Å². The fourth-order valence-corrected chi connectivity index (χ4v) is 2.81. The number of anilines is 1. The van der Waals surface area contributed by atoms with Crippen LogP contribution in [0.5, 0.6) is 0 Å². The van der Waals surface area contributed by atoms with Gasteiger partial charge in [0.1, 0.15) is 0 Å². The average Bonchev–Trinajstić information content (AvgIpc) is 2.98. The molecule has 0 saturated carbocycles. The summed E-state index contributed by atoms with van der Waals surface area (Å²) >= 11 is 1.73. The molecule has 0 radical (unpaired) electrons. The first-order valence-corrected chi connectivity index (χ1v) is 7.26. The van der Waals surface area contributed by atoms with Crippen molar-refractivity contribution in [2.45, 2.75) is 26.3 Å². The van der Waals surface area contributed by atoms with Gasteiger partial charge in [-0.25, -0.2) is 4.52 Å². The lowest BCUT2D eigenvalue weighted by molar-refractivity contribution is 0.776. The molecule has 0 spiro atoms. The Morgan fingerprint density at radius 3 is 3.00 bits per heavy atom. The number of hydrogen-bond donors (Lipinski definition) is 1. The summed E-state index contributed by atoms with van der Waals surface area (Å²) in [5.74, 6) is 0.692. The molecule has 0 aliphatic heterocycles. The van der Waals surface area contributed by atoms with E-state index in [1.165, 1.54) is 5.56 Å². The summed E-state index contributed by atoms with van der Waals surface area (Å²) in [6.45, 7) is 4.18. The van der Waals surface area contributed by atoms with E-state index in [-0.39, 0.29) is 0 Å². The molecule has 5 heteroatoms. The SMILES string of the molecule is Cc1cccc2nc(NC(C)Cc3ccsc3)nn12. The molecule has 3 aromatic rings. The molecule has 0 amide bonds. The van der Waals surface area contributed by atoms with Crippen molar-refractivity contribution >= 4 is 22.9 Å². The smallest absolute Gasteiger partial charge is 0.243 e. The van der Waals surface area contributed by atoms with Gasteiger partial charge >= 0.3 is 0 Å². The topological polar surface area (TPSA) is 42.2 Å². The molecule has 0 aliphatic carbocycles. The van der Waals surface area contributed by atoms with Crippen LogP contribution < -0.4 is 5.32 Å². The van der Waals surface area contributed by atoms with Crippen molar-refractivity contribution in [3.05, 3.63) is 46.3 Å². The zero-order valence-corrected chi connectivity index (χ0v) is 11.8. The van der Waals surface area contributed by atoms with Gasteiger partial charge in [-0.05, 0) is 54.8 Å². The Bertz CT molecular complexity index is 672. The highest BCUT2D eigenvalue weighted by Crippen LogP contribution is 2.12. The van der Waals surface area contributed by atoms with Gasteiger partial charge in [0.25, 0.3) is 0 Å². The van der Waals surface area contributed by atoms with Crippen molar-refractivity contribution in [3.63, 3.8) is 0 Å². The Morgan fingerprint density at radius 2 is 2.26 bits per heavy atom. The van der Waals surface area contributed by atoms with Gasteiger partial charge in [-0.2, -0.15) is 16.3 Å². The fourth-order valence-electron chi connectivity index (χ4n) is 2.13. The molecule has 98 valence electrons. The second-order valence-electron chi connectivity index (χ2n) is 4.75. The number of nitrogens with zero attached hydrogens (tertiary/aromatic N) is 3. The molecule has 0 aliphatic rings. The fraction of sp³-hybridized carbons (Fsp3) is 0.286. The van der Waals surface area contributed by atoms with Crippen LogP contribution in [0.25, 0.3) is 5.65 Å². The number of nitrogens with one attached hydrogen (secondary N) is 1. The lowest BCUT2D eigenvalue weighted by Crippen LogP contribution is -2.18. The van der Waals surface area contributed by atoms with Crippen LogP contribution in [0.3, 0.4) is 0 Å². The molecule has 1 unspecified atom stereocenters. The predicted octanol–water partition coefficient (Wildman–Crippen LogP) is 3.14. The molecule has 0 saturated heterocycles. The second kappa shape index (κ2) is 5.01. The number of pyridine rings is 1. The number of aryl methyl sites for hydroxylation is 1. The zero-order valence-electron chi connectivity index (χ0n) is 11.0. The highest BCUT2D eigenvalue weighted by atomic mass is 32.1. The van der Waals surface area contributed by atoms with E-state index in [1.807, 2.05) is 29.6 Å². The van der Waals surface area contributed by atoms with E-state index in [0.717, 1.165) is 17.8 Å². The van der Waals surface area contributed by atoms with Crippen LogP contribution in [-0.4, -0.2) is 20.6 Å². The van der Waals surface area contributed by atoms with Crippen LogP contribution in [0.15, 0.2) is 35.0 Å². The standard InChI is InChI=1S/C14H16N4S/c1-10(8-12-6-7-19-9-12)15-14-16-13-5-3-4-11(2)18(13)17-14/h3-7,9-10H,8H2,1-2H3,(H,15,17). The third-order valence-corrected chi connectivity index (χ3v) is 3.78. The summed E-state index contributed by atoms with van der Waals surface area (Å²) in [4.78, 5) is 4.49. The minimum absolute atomic E-state index is 0.312. The maximum absolute atomic E-state index is 4.49. The lowest BCUT2D eigenvalue weighted by atomic mass is 10.1. The van der Waals surface area contributed by atoms with Gasteiger partial charge in [0.2, 0.25) is 5.95 Å². The van der Waals surface area contributed by atoms with Crippen molar-refractivity contribution in [1.29, 1.82) is 0 Å². The zero-order chi connectivity index (χ0) is 13.2. The molecule has 1 N–H and O–H groups in total. The highest BCUT2D eigenvalue weighted by molar-refractivity contribution is 7.07. The quantitative estimate of drug-likeness (QED) is 0.793. The molecule has 0 bridgehead atoms. The maximum Gasteiger partial charge on any atom is 0.243 e. The molecule has 3 aromatic heterocycles. The van der Waals surface area contributed by atoms with Gasteiger partial charge in [-0.1, -0.05) is 6.07 Å². The Morgan fingerprint density at radius 1 is 1.37 bits per heavy atom. The molecule has 0 aromatic carbocycles. The van der Waals surface area contributed by atoms with Crippen molar-refractivity contribution in [2.24, 2.45) is 0 Å². The molecule has 3 rings (SSSR count). The number of aromatic nitrogens is 3. The molecule has 4 nitrogen and oxygen atoms in total. The first-order chi connectivity index (χ1) is 9.22. The van der Waals surface area contributed by atoms with Gasteiger partial charge in [0.15, 0.2) is 5.65 Å². The Kier molecular flexibility index (Phi) is 3.21. The second-order valence-corrected chi connectivity index (χ2v) is 5.53. The van der Waals surface area contributed by atoms with E-state index < -0.39 is 0 Å². The Labute approximate surface area is 116 Å². The van der Waals surface area contributed by atoms with Gasteiger partial charge in [0.05, 0.1) is 0 Å². The first kappa shape index (κ1) is 12.2. The molecule has 1 atom stereocenters. The van der Waals surface area contributed by atoms with E-state index in [4.69, 9.17) is 0 Å². The normalized spacial score (nSPS) is 12.7. The Balaban J connectivity index is 1.76. The minimum Gasteiger partial charge on any atom is -0.350 e. The number of fused-ring (bicyclic) bond motifs is 1. The minimum atomic E-state index is 0.312. The van der Waals surface area contributed by atoms with E-state index in [9.17, 15) is 0 Å². The summed E-state index contributed by atoms with van der Waals surface area (Å²) in [6, 6.07) is 8.46. The molecule has 0 fully saturated rings. The van der Waals surface area contributed by atoms with Crippen molar-refractivity contribution in [3.8, 4) is 0 Å². The third-order valence-electron chi connectivity index (χ3n) is 3.05. The first-order valence-electron chi connectivity index (χ1n) is 6.32. The van der Waals surface area contributed by atoms with Gasteiger partial charge < -0.3 is 5.32 Å².